The van der Waals surface area contributed by atoms with E-state index in [4.69, 9.17) is 4.42 Å². The van der Waals surface area contributed by atoms with Crippen LogP contribution in [0.4, 0.5) is 18.9 Å². The van der Waals surface area contributed by atoms with Crippen LogP contribution < -0.4 is 5.32 Å². The lowest BCUT2D eigenvalue weighted by Gasteiger charge is -2.20. The molecular weight excluding hydrogens is 231 g/mol. The first-order valence-electron chi connectivity index (χ1n) is 4.99. The third kappa shape index (κ3) is 2.81. The van der Waals surface area contributed by atoms with Crippen LogP contribution in [0.1, 0.15) is 11.8 Å². The van der Waals surface area contributed by atoms with E-state index < -0.39 is 12.2 Å². The molecule has 0 bridgehead atoms. The molecule has 0 radical (unpaired) electrons. The number of anilines is 1. The van der Waals surface area contributed by atoms with Crippen molar-refractivity contribution in [3.8, 4) is 0 Å². The van der Waals surface area contributed by atoms with Gasteiger partial charge in [-0.2, -0.15) is 13.2 Å². The highest BCUT2D eigenvalue weighted by atomic mass is 19.4. The number of hydrogen-bond acceptors (Lipinski definition) is 2. The number of hydrogen-bond donors (Lipinski definition) is 1. The molecule has 1 atom stereocenters. The van der Waals surface area contributed by atoms with Crippen molar-refractivity contribution in [2.75, 3.05) is 5.32 Å². The average molecular weight is 241 g/mol. The summed E-state index contributed by atoms with van der Waals surface area (Å²) < 4.78 is 43.4. The molecule has 1 heterocycles. The second-order valence-corrected chi connectivity index (χ2v) is 3.50. The molecule has 0 amide bonds. The summed E-state index contributed by atoms with van der Waals surface area (Å²) in [6.45, 7) is 0. The maximum absolute atomic E-state index is 12.8. The summed E-state index contributed by atoms with van der Waals surface area (Å²) in [4.78, 5) is 0. The van der Waals surface area contributed by atoms with Gasteiger partial charge in [0, 0.05) is 5.69 Å². The largest absolute Gasteiger partial charge is 0.467 e. The number of rotatable bonds is 3. The highest BCUT2D eigenvalue weighted by Crippen LogP contribution is 2.35. The predicted molar refractivity (Wildman–Crippen MR) is 57.6 cm³/mol. The maximum atomic E-state index is 12.8. The summed E-state index contributed by atoms with van der Waals surface area (Å²) in [7, 11) is 0. The second kappa shape index (κ2) is 4.53. The summed E-state index contributed by atoms with van der Waals surface area (Å²) in [6, 6.07) is 9.11. The van der Waals surface area contributed by atoms with Crippen molar-refractivity contribution in [3.63, 3.8) is 0 Å². The molecule has 2 nitrogen and oxygen atoms in total. The summed E-state index contributed by atoms with van der Waals surface area (Å²) in [5, 5.41) is 2.40. The van der Waals surface area contributed by atoms with Gasteiger partial charge in [-0.1, -0.05) is 18.2 Å². The highest BCUT2D eigenvalue weighted by Gasteiger charge is 2.42. The lowest BCUT2D eigenvalue weighted by atomic mass is 10.2. The quantitative estimate of drug-likeness (QED) is 0.878. The summed E-state index contributed by atoms with van der Waals surface area (Å²) in [5.74, 6) is -0.152. The number of para-hydroxylation sites is 1. The molecular formula is C12H10F3NO. The molecule has 5 heteroatoms. The summed E-state index contributed by atoms with van der Waals surface area (Å²) >= 11 is 0. The topological polar surface area (TPSA) is 25.2 Å². The van der Waals surface area contributed by atoms with Gasteiger partial charge in [0.1, 0.15) is 5.76 Å². The van der Waals surface area contributed by atoms with Gasteiger partial charge in [-0.3, -0.25) is 0 Å². The molecule has 17 heavy (non-hydrogen) atoms. The van der Waals surface area contributed by atoms with Crippen molar-refractivity contribution >= 4 is 5.69 Å². The molecule has 0 aliphatic carbocycles. The highest BCUT2D eigenvalue weighted by molar-refractivity contribution is 5.44. The molecule has 0 fully saturated rings. The first-order valence-corrected chi connectivity index (χ1v) is 4.99. The number of benzene rings is 1. The molecule has 90 valence electrons. The molecule has 1 N–H and O–H groups in total. The number of halogens is 3. The average Bonchev–Trinajstić information content (AvgIpc) is 2.79. The van der Waals surface area contributed by atoms with Gasteiger partial charge in [-0.05, 0) is 24.3 Å². The molecule has 2 rings (SSSR count). The monoisotopic (exact) mass is 241 g/mol. The zero-order valence-electron chi connectivity index (χ0n) is 8.74. The molecule has 1 unspecified atom stereocenters. The van der Waals surface area contributed by atoms with E-state index in [2.05, 4.69) is 5.32 Å². The minimum absolute atomic E-state index is 0.152. The fourth-order valence-electron chi connectivity index (χ4n) is 1.47. The zero-order chi connectivity index (χ0) is 12.3. The maximum Gasteiger partial charge on any atom is 0.415 e. The Morgan fingerprint density at radius 2 is 1.71 bits per heavy atom. The molecule has 1 aromatic carbocycles. The number of nitrogens with one attached hydrogen (secondary N) is 1. The van der Waals surface area contributed by atoms with Crippen LogP contribution in [0.25, 0.3) is 0 Å². The molecule has 1 aromatic heterocycles. The molecule has 0 saturated heterocycles. The van der Waals surface area contributed by atoms with Gasteiger partial charge in [0.15, 0.2) is 6.04 Å². The van der Waals surface area contributed by atoms with Crippen LogP contribution in [-0.4, -0.2) is 6.18 Å². The van der Waals surface area contributed by atoms with Gasteiger partial charge >= 0.3 is 6.18 Å². The third-order valence-corrected chi connectivity index (χ3v) is 2.24. The van der Waals surface area contributed by atoms with E-state index in [1.54, 1.807) is 30.3 Å². The lowest BCUT2D eigenvalue weighted by Crippen LogP contribution is -2.27. The van der Waals surface area contributed by atoms with Crippen LogP contribution in [0.5, 0.6) is 0 Å². The van der Waals surface area contributed by atoms with Crippen molar-refractivity contribution in [2.45, 2.75) is 12.2 Å². The molecule has 0 saturated carbocycles. The van der Waals surface area contributed by atoms with E-state index in [-0.39, 0.29) is 5.76 Å². The van der Waals surface area contributed by atoms with Crippen molar-refractivity contribution in [3.05, 3.63) is 54.5 Å². The Morgan fingerprint density at radius 3 is 2.24 bits per heavy atom. The van der Waals surface area contributed by atoms with E-state index in [0.717, 1.165) is 0 Å². The predicted octanol–water partition coefficient (Wildman–Crippen LogP) is 4.00. The smallest absolute Gasteiger partial charge is 0.415 e. The van der Waals surface area contributed by atoms with Crippen LogP contribution in [0, 0.1) is 0 Å². The Kier molecular flexibility index (Phi) is 3.08. The van der Waals surface area contributed by atoms with Gasteiger partial charge in [-0.25, -0.2) is 0 Å². The van der Waals surface area contributed by atoms with Crippen molar-refractivity contribution in [2.24, 2.45) is 0 Å². The van der Waals surface area contributed by atoms with Crippen LogP contribution in [-0.2, 0) is 0 Å². The Labute approximate surface area is 96.1 Å². The van der Waals surface area contributed by atoms with Crippen molar-refractivity contribution in [1.82, 2.24) is 0 Å². The normalized spacial score (nSPS) is 13.4. The summed E-state index contributed by atoms with van der Waals surface area (Å²) in [5.41, 5.74) is 0.395. The van der Waals surface area contributed by atoms with E-state index >= 15 is 0 Å². The number of alkyl halides is 3. The molecule has 0 spiro atoms. The van der Waals surface area contributed by atoms with Crippen LogP contribution in [0.15, 0.2) is 53.1 Å². The lowest BCUT2D eigenvalue weighted by molar-refractivity contribution is -0.147. The Hall–Kier alpha value is -1.91. The number of furan rings is 1. The fourth-order valence-corrected chi connectivity index (χ4v) is 1.47. The fraction of sp³-hybridized carbons (Fsp3) is 0.167. The van der Waals surface area contributed by atoms with Gasteiger partial charge in [-0.15, -0.1) is 0 Å². The molecule has 0 aliphatic heterocycles. The third-order valence-electron chi connectivity index (χ3n) is 2.24. The van der Waals surface area contributed by atoms with Gasteiger partial charge < -0.3 is 9.73 Å². The van der Waals surface area contributed by atoms with Crippen molar-refractivity contribution in [1.29, 1.82) is 0 Å². The zero-order valence-corrected chi connectivity index (χ0v) is 8.74. The van der Waals surface area contributed by atoms with Gasteiger partial charge in [0.2, 0.25) is 0 Å². The van der Waals surface area contributed by atoms with Crippen LogP contribution in [0.3, 0.4) is 0 Å². The van der Waals surface area contributed by atoms with Gasteiger partial charge in [0.05, 0.1) is 6.26 Å². The van der Waals surface area contributed by atoms with Crippen LogP contribution in [0.2, 0.25) is 0 Å². The van der Waals surface area contributed by atoms with Crippen molar-refractivity contribution < 1.29 is 17.6 Å². The minimum Gasteiger partial charge on any atom is -0.467 e. The minimum atomic E-state index is -4.41. The first-order chi connectivity index (χ1) is 8.07. The standard InChI is InChI=1S/C12H10F3NO/c13-12(14,15)11(10-7-4-8-17-10)16-9-5-2-1-3-6-9/h1-8,11,16H. The van der Waals surface area contributed by atoms with E-state index in [1.807, 2.05) is 0 Å². The Balaban J connectivity index is 2.24. The Morgan fingerprint density at radius 1 is 1.00 bits per heavy atom. The van der Waals surface area contributed by atoms with E-state index in [0.29, 0.717) is 5.69 Å². The molecule has 2 aromatic rings. The first kappa shape index (κ1) is 11.6. The Bertz CT molecular complexity index is 450. The van der Waals surface area contributed by atoms with Crippen LogP contribution >= 0.6 is 0 Å². The van der Waals surface area contributed by atoms with E-state index in [9.17, 15) is 13.2 Å². The summed E-state index contributed by atoms with van der Waals surface area (Å²) in [6.07, 6.45) is -3.19. The second-order valence-electron chi connectivity index (χ2n) is 3.50. The van der Waals surface area contributed by atoms with E-state index in [1.165, 1.54) is 18.4 Å². The SMILES string of the molecule is FC(F)(F)C(Nc1ccccc1)c1ccco1. The molecule has 0 aliphatic rings. The van der Waals surface area contributed by atoms with Gasteiger partial charge in [0.25, 0.3) is 0 Å².